The van der Waals surface area contributed by atoms with Crippen LogP contribution in [0.15, 0.2) is 59.5 Å². The van der Waals surface area contributed by atoms with E-state index < -0.39 is 0 Å². The lowest BCUT2D eigenvalue weighted by atomic mass is 9.79. The van der Waals surface area contributed by atoms with Gasteiger partial charge in [0.05, 0.1) is 17.4 Å². The number of hydrogen-bond donors (Lipinski definition) is 1. The van der Waals surface area contributed by atoms with Crippen LogP contribution in [0.2, 0.25) is 0 Å². The molecule has 0 aliphatic carbocycles. The van der Waals surface area contributed by atoms with Gasteiger partial charge < -0.3 is 9.88 Å². The Morgan fingerprint density at radius 3 is 2.70 bits per heavy atom. The third kappa shape index (κ3) is 3.75. The van der Waals surface area contributed by atoms with E-state index in [1.807, 2.05) is 12.1 Å². The molecule has 2 saturated heterocycles. The Morgan fingerprint density at radius 1 is 1.09 bits per heavy atom. The Bertz CT molecular complexity index is 1390. The van der Waals surface area contributed by atoms with Crippen molar-refractivity contribution < 1.29 is 4.39 Å². The van der Waals surface area contributed by atoms with Crippen molar-refractivity contribution >= 4 is 10.9 Å². The van der Waals surface area contributed by atoms with Gasteiger partial charge in [-0.2, -0.15) is 0 Å². The van der Waals surface area contributed by atoms with Crippen LogP contribution in [0.3, 0.4) is 0 Å². The minimum atomic E-state index is -0.353. The summed E-state index contributed by atoms with van der Waals surface area (Å²) in [7, 11) is 2.19. The third-order valence-corrected chi connectivity index (χ3v) is 6.91. The van der Waals surface area contributed by atoms with Crippen molar-refractivity contribution in [2.24, 2.45) is 5.41 Å². The molecule has 0 saturated carbocycles. The van der Waals surface area contributed by atoms with Gasteiger partial charge in [0.1, 0.15) is 11.5 Å². The van der Waals surface area contributed by atoms with E-state index in [2.05, 4.69) is 44.3 Å². The maximum atomic E-state index is 13.6. The first-order chi connectivity index (χ1) is 16.0. The lowest BCUT2D eigenvalue weighted by Gasteiger charge is -2.46. The second-order valence-corrected chi connectivity index (χ2v) is 9.59. The van der Waals surface area contributed by atoms with Crippen molar-refractivity contribution in [2.45, 2.75) is 13.0 Å². The van der Waals surface area contributed by atoms with Crippen molar-refractivity contribution in [1.82, 2.24) is 29.8 Å². The topological polar surface area (TPSA) is 70.0 Å². The van der Waals surface area contributed by atoms with Crippen LogP contribution in [0.25, 0.3) is 27.8 Å². The highest BCUT2D eigenvalue weighted by atomic mass is 19.1. The molecule has 2 fully saturated rings. The summed E-state index contributed by atoms with van der Waals surface area (Å²) in [6, 6.07) is 14.2. The lowest BCUT2D eigenvalue weighted by molar-refractivity contribution is 0.0301. The third-order valence-electron chi connectivity index (χ3n) is 6.91. The molecule has 168 valence electrons. The molecule has 8 heteroatoms. The second kappa shape index (κ2) is 7.60. The summed E-state index contributed by atoms with van der Waals surface area (Å²) in [5.74, 6) is -0.353. The minimum absolute atomic E-state index is 0.280. The van der Waals surface area contributed by atoms with Crippen LogP contribution in [-0.2, 0) is 6.54 Å². The van der Waals surface area contributed by atoms with Gasteiger partial charge in [0.2, 0.25) is 0 Å². The van der Waals surface area contributed by atoms with E-state index in [1.165, 1.54) is 43.8 Å². The Kier molecular flexibility index (Phi) is 4.67. The molecule has 7 nitrogen and oxygen atoms in total. The molecule has 6 rings (SSSR count). The maximum Gasteiger partial charge on any atom is 0.258 e. The summed E-state index contributed by atoms with van der Waals surface area (Å²) < 4.78 is 15.3. The van der Waals surface area contributed by atoms with Gasteiger partial charge in [0.25, 0.3) is 5.56 Å². The largest absolute Gasteiger partial charge is 0.321 e. The summed E-state index contributed by atoms with van der Waals surface area (Å²) >= 11 is 0. The zero-order valence-corrected chi connectivity index (χ0v) is 18.5. The number of hydrogen-bond acceptors (Lipinski definition) is 5. The van der Waals surface area contributed by atoms with Crippen LogP contribution in [0, 0.1) is 11.2 Å². The van der Waals surface area contributed by atoms with Crippen molar-refractivity contribution in [3.63, 3.8) is 0 Å². The van der Waals surface area contributed by atoms with Crippen LogP contribution in [0.4, 0.5) is 4.39 Å². The molecule has 1 spiro atoms. The highest BCUT2D eigenvalue weighted by Crippen LogP contribution is 2.39. The fourth-order valence-corrected chi connectivity index (χ4v) is 5.41. The first kappa shape index (κ1) is 20.3. The van der Waals surface area contributed by atoms with E-state index in [1.54, 1.807) is 23.0 Å². The molecule has 1 N–H and O–H groups in total. The van der Waals surface area contributed by atoms with E-state index in [0.717, 1.165) is 18.8 Å². The Balaban J connectivity index is 1.19. The van der Waals surface area contributed by atoms with Gasteiger partial charge in [-0.3, -0.25) is 9.69 Å². The standard InChI is InChI=1S/C25H25FN6O/c1-30-14-25(15-30)8-9-31(16-25)12-17-2-5-20(6-3-17)32-13-23(28-29-32)21-11-18-10-19(26)4-7-22(18)27-24(21)33/h2-7,10-11,13H,8-9,12,14-16H2,1H3,(H,27,33). The summed E-state index contributed by atoms with van der Waals surface area (Å²) in [6.45, 7) is 5.72. The van der Waals surface area contributed by atoms with Gasteiger partial charge >= 0.3 is 0 Å². The van der Waals surface area contributed by atoms with Crippen LogP contribution in [0.5, 0.6) is 0 Å². The van der Waals surface area contributed by atoms with Gasteiger partial charge in [0, 0.05) is 42.5 Å². The van der Waals surface area contributed by atoms with Crippen molar-refractivity contribution in [2.75, 3.05) is 33.2 Å². The Labute approximate surface area is 190 Å². The molecule has 2 aromatic carbocycles. The molecule has 0 radical (unpaired) electrons. The first-order valence-electron chi connectivity index (χ1n) is 11.2. The molecule has 0 atom stereocenters. The molecular formula is C25H25FN6O. The van der Waals surface area contributed by atoms with Crippen LogP contribution >= 0.6 is 0 Å². The molecule has 0 unspecified atom stereocenters. The number of nitrogens with one attached hydrogen (secondary N) is 1. The average molecular weight is 445 g/mol. The summed E-state index contributed by atoms with van der Waals surface area (Å²) in [4.78, 5) is 20.3. The monoisotopic (exact) mass is 444 g/mol. The van der Waals surface area contributed by atoms with E-state index >= 15 is 0 Å². The minimum Gasteiger partial charge on any atom is -0.321 e. The molecule has 4 heterocycles. The number of H-pyrrole nitrogens is 1. The quantitative estimate of drug-likeness (QED) is 0.524. The predicted octanol–water partition coefficient (Wildman–Crippen LogP) is 3.05. The number of likely N-dealkylation sites (tertiary alicyclic amines) is 2. The van der Waals surface area contributed by atoms with Gasteiger partial charge in [-0.1, -0.05) is 17.3 Å². The molecule has 2 aliphatic rings. The van der Waals surface area contributed by atoms with Crippen molar-refractivity contribution in [3.8, 4) is 16.9 Å². The number of halogens is 1. The van der Waals surface area contributed by atoms with Crippen LogP contribution < -0.4 is 5.56 Å². The Hall–Kier alpha value is -3.36. The fraction of sp³-hybridized carbons (Fsp3) is 0.320. The van der Waals surface area contributed by atoms with Crippen molar-refractivity contribution in [3.05, 3.63) is 76.5 Å². The number of nitrogens with zero attached hydrogens (tertiary/aromatic N) is 5. The zero-order chi connectivity index (χ0) is 22.6. The molecule has 2 aromatic heterocycles. The number of fused-ring (bicyclic) bond motifs is 1. The van der Waals surface area contributed by atoms with Gasteiger partial charge in [0.15, 0.2) is 0 Å². The summed E-state index contributed by atoms with van der Waals surface area (Å²) in [6.07, 6.45) is 3.01. The highest BCUT2D eigenvalue weighted by molar-refractivity contribution is 5.82. The Morgan fingerprint density at radius 2 is 1.91 bits per heavy atom. The molecule has 2 aliphatic heterocycles. The second-order valence-electron chi connectivity index (χ2n) is 9.59. The first-order valence-corrected chi connectivity index (χ1v) is 11.2. The van der Waals surface area contributed by atoms with Crippen molar-refractivity contribution in [1.29, 1.82) is 0 Å². The van der Waals surface area contributed by atoms with E-state index in [9.17, 15) is 9.18 Å². The molecular weight excluding hydrogens is 419 g/mol. The number of benzene rings is 2. The number of aromatic amines is 1. The summed E-state index contributed by atoms with van der Waals surface area (Å²) in [5.41, 5.74) is 3.77. The maximum absolute atomic E-state index is 13.6. The van der Waals surface area contributed by atoms with Gasteiger partial charge in [-0.25, -0.2) is 9.07 Å². The van der Waals surface area contributed by atoms with E-state index in [4.69, 9.17) is 0 Å². The SMILES string of the molecule is CN1CC2(CCN(Cc3ccc(-n4cc(-c5cc6cc(F)ccc6[nH]c5=O)nn4)cc3)C2)C1. The molecule has 4 aromatic rings. The summed E-state index contributed by atoms with van der Waals surface area (Å²) in [5, 5.41) is 9.00. The number of aromatic nitrogens is 4. The normalized spacial score (nSPS) is 18.2. The van der Waals surface area contributed by atoms with Crippen LogP contribution in [-0.4, -0.2) is 63.0 Å². The lowest BCUT2D eigenvalue weighted by Crippen LogP contribution is -2.55. The van der Waals surface area contributed by atoms with E-state index in [-0.39, 0.29) is 11.4 Å². The van der Waals surface area contributed by atoms with Crippen LogP contribution in [0.1, 0.15) is 12.0 Å². The van der Waals surface area contributed by atoms with E-state index in [0.29, 0.717) is 27.6 Å². The zero-order valence-electron chi connectivity index (χ0n) is 18.5. The smallest absolute Gasteiger partial charge is 0.258 e. The highest BCUT2D eigenvalue weighted by Gasteiger charge is 2.45. The number of rotatable bonds is 4. The predicted molar refractivity (Wildman–Crippen MR) is 125 cm³/mol. The number of pyridine rings is 1. The molecule has 0 amide bonds. The molecule has 0 bridgehead atoms. The molecule has 33 heavy (non-hydrogen) atoms. The van der Waals surface area contributed by atoms with Gasteiger partial charge in [-0.15, -0.1) is 5.10 Å². The van der Waals surface area contributed by atoms with Gasteiger partial charge in [-0.05, 0) is 62.0 Å². The fourth-order valence-electron chi connectivity index (χ4n) is 5.41. The average Bonchev–Trinajstić information content (AvgIpc) is 3.42.